The van der Waals surface area contributed by atoms with E-state index < -0.39 is 0 Å². The van der Waals surface area contributed by atoms with Gasteiger partial charge < -0.3 is 9.73 Å². The van der Waals surface area contributed by atoms with Crippen LogP contribution in [-0.2, 0) is 6.54 Å². The lowest BCUT2D eigenvalue weighted by molar-refractivity contribution is 0.0948. The van der Waals surface area contributed by atoms with Gasteiger partial charge in [-0.15, -0.1) is 5.10 Å². The summed E-state index contributed by atoms with van der Waals surface area (Å²) in [5.41, 5.74) is 1.30. The normalized spacial score (nSPS) is 10.8. The number of furan rings is 1. The lowest BCUT2D eigenvalue weighted by atomic mass is 10.2. The Kier molecular flexibility index (Phi) is 4.03. The maximum atomic E-state index is 12.6. The number of rotatable bonds is 4. The van der Waals surface area contributed by atoms with Gasteiger partial charge in [0.15, 0.2) is 0 Å². The van der Waals surface area contributed by atoms with Crippen molar-refractivity contribution < 1.29 is 9.21 Å². The molecule has 4 aromatic rings. The molecule has 2 aromatic heterocycles. The predicted molar refractivity (Wildman–Crippen MR) is 95.0 cm³/mol. The highest BCUT2D eigenvalue weighted by atomic mass is 16.3. The molecule has 1 amide bonds. The molecular weight excluding hydrogens is 332 g/mol. The fourth-order valence-electron chi connectivity index (χ4n) is 2.59. The number of nitrogens with one attached hydrogen (secondary N) is 1. The van der Waals surface area contributed by atoms with E-state index in [1.165, 1.54) is 4.68 Å². The molecule has 0 radical (unpaired) electrons. The summed E-state index contributed by atoms with van der Waals surface area (Å²) in [6.45, 7) is 0.309. The van der Waals surface area contributed by atoms with E-state index in [0.717, 1.165) is 0 Å². The first-order valence-electron chi connectivity index (χ1n) is 7.98. The van der Waals surface area contributed by atoms with Gasteiger partial charge in [-0.25, -0.2) is 0 Å². The largest absolute Gasteiger partial charge is 0.467 e. The van der Waals surface area contributed by atoms with Crippen LogP contribution >= 0.6 is 0 Å². The summed E-state index contributed by atoms with van der Waals surface area (Å²) in [5.74, 6) is 0.442. The number of fused-ring (bicyclic) bond motifs is 1. The van der Waals surface area contributed by atoms with Gasteiger partial charge in [0.05, 0.1) is 23.9 Å². The van der Waals surface area contributed by atoms with Gasteiger partial charge in [-0.1, -0.05) is 17.3 Å². The number of carbonyl (C=O) groups excluding carboxylic acids is 1. The number of nitrogens with zero attached hydrogens (tertiary/aromatic N) is 3. The molecule has 0 saturated carbocycles. The average Bonchev–Trinajstić information content (AvgIpc) is 3.20. The van der Waals surface area contributed by atoms with Crippen LogP contribution in [0.2, 0.25) is 0 Å². The molecule has 2 aromatic carbocycles. The van der Waals surface area contributed by atoms with Crippen LogP contribution in [0.3, 0.4) is 0 Å². The van der Waals surface area contributed by atoms with Gasteiger partial charge in [-0.05, 0) is 48.5 Å². The molecule has 0 aliphatic carbocycles. The molecule has 0 fully saturated rings. The molecule has 0 atom stereocenters. The molecule has 2 heterocycles. The van der Waals surface area contributed by atoms with Crippen LogP contribution in [-0.4, -0.2) is 20.9 Å². The quantitative estimate of drug-likeness (QED) is 0.612. The Labute approximate surface area is 147 Å². The fraction of sp³-hybridized carbons (Fsp3) is 0.0526. The van der Waals surface area contributed by atoms with Crippen LogP contribution in [0.15, 0.2) is 76.1 Å². The number of carbonyl (C=O) groups is 1. The predicted octanol–water partition coefficient (Wildman–Crippen LogP) is 2.30. The molecular formula is C19H14N4O3. The van der Waals surface area contributed by atoms with E-state index in [4.69, 9.17) is 4.42 Å². The molecule has 0 spiro atoms. The van der Waals surface area contributed by atoms with E-state index in [0.29, 0.717) is 34.5 Å². The summed E-state index contributed by atoms with van der Waals surface area (Å²) in [7, 11) is 0. The van der Waals surface area contributed by atoms with Crippen LogP contribution in [0.5, 0.6) is 0 Å². The third-order valence-corrected chi connectivity index (χ3v) is 3.95. The Bertz CT molecular complexity index is 1120. The van der Waals surface area contributed by atoms with E-state index in [1.807, 2.05) is 0 Å². The first-order chi connectivity index (χ1) is 12.7. The second kappa shape index (κ2) is 6.64. The SMILES string of the molecule is O=C(NCc1ccco1)c1ccc(-n2nnc3ccccc3c2=O)cc1. The monoisotopic (exact) mass is 346 g/mol. The van der Waals surface area contributed by atoms with Crippen molar-refractivity contribution >= 4 is 16.8 Å². The molecule has 26 heavy (non-hydrogen) atoms. The molecule has 0 saturated heterocycles. The third-order valence-electron chi connectivity index (χ3n) is 3.95. The van der Waals surface area contributed by atoms with Gasteiger partial charge in [0.2, 0.25) is 0 Å². The lowest BCUT2D eigenvalue weighted by Gasteiger charge is -2.07. The minimum atomic E-state index is -0.259. The molecule has 0 bridgehead atoms. The van der Waals surface area contributed by atoms with Crippen molar-refractivity contribution in [2.75, 3.05) is 0 Å². The van der Waals surface area contributed by atoms with Gasteiger partial charge >= 0.3 is 0 Å². The summed E-state index contributed by atoms with van der Waals surface area (Å²) in [5, 5.41) is 11.3. The van der Waals surface area contributed by atoms with Crippen LogP contribution < -0.4 is 10.9 Å². The molecule has 7 nitrogen and oxygen atoms in total. The molecule has 1 N–H and O–H groups in total. The lowest BCUT2D eigenvalue weighted by Crippen LogP contribution is -2.24. The van der Waals surface area contributed by atoms with Crippen molar-refractivity contribution in [3.63, 3.8) is 0 Å². The Morgan fingerprint density at radius 1 is 1.04 bits per heavy atom. The van der Waals surface area contributed by atoms with Crippen molar-refractivity contribution in [2.24, 2.45) is 0 Å². The molecule has 128 valence electrons. The van der Waals surface area contributed by atoms with Gasteiger partial charge in [-0.2, -0.15) is 4.68 Å². The minimum Gasteiger partial charge on any atom is -0.467 e. The molecule has 0 aliphatic rings. The molecule has 4 rings (SSSR count). The highest BCUT2D eigenvalue weighted by molar-refractivity contribution is 5.94. The Balaban J connectivity index is 1.57. The van der Waals surface area contributed by atoms with Crippen molar-refractivity contribution in [2.45, 2.75) is 6.54 Å². The highest BCUT2D eigenvalue weighted by Crippen LogP contribution is 2.10. The van der Waals surface area contributed by atoms with E-state index in [9.17, 15) is 9.59 Å². The first kappa shape index (κ1) is 15.8. The summed E-state index contributed by atoms with van der Waals surface area (Å²) in [6, 6.07) is 17.2. The van der Waals surface area contributed by atoms with Gasteiger partial charge in [0.25, 0.3) is 11.5 Å². The Morgan fingerprint density at radius 2 is 1.85 bits per heavy atom. The second-order valence-corrected chi connectivity index (χ2v) is 5.63. The number of aromatic nitrogens is 3. The summed E-state index contributed by atoms with van der Waals surface area (Å²) in [6.07, 6.45) is 1.55. The van der Waals surface area contributed by atoms with Gasteiger partial charge in [0, 0.05) is 5.56 Å². The van der Waals surface area contributed by atoms with Crippen LogP contribution in [0.1, 0.15) is 16.1 Å². The maximum Gasteiger partial charge on any atom is 0.282 e. The van der Waals surface area contributed by atoms with E-state index in [-0.39, 0.29) is 11.5 Å². The van der Waals surface area contributed by atoms with Crippen LogP contribution in [0, 0.1) is 0 Å². The zero-order chi connectivity index (χ0) is 17.9. The number of hydrogen-bond donors (Lipinski definition) is 1. The Morgan fingerprint density at radius 3 is 2.62 bits per heavy atom. The van der Waals surface area contributed by atoms with Crippen LogP contribution in [0.25, 0.3) is 16.6 Å². The maximum absolute atomic E-state index is 12.6. The zero-order valence-corrected chi connectivity index (χ0v) is 13.6. The van der Waals surface area contributed by atoms with Crippen molar-refractivity contribution in [3.05, 3.63) is 88.6 Å². The highest BCUT2D eigenvalue weighted by Gasteiger charge is 2.09. The van der Waals surface area contributed by atoms with Crippen LogP contribution in [0.4, 0.5) is 0 Å². The fourth-order valence-corrected chi connectivity index (χ4v) is 2.59. The number of amides is 1. The molecule has 0 aliphatic heterocycles. The summed E-state index contributed by atoms with van der Waals surface area (Å²) < 4.78 is 6.39. The van der Waals surface area contributed by atoms with E-state index in [2.05, 4.69) is 15.6 Å². The first-order valence-corrected chi connectivity index (χ1v) is 7.98. The van der Waals surface area contributed by atoms with Crippen molar-refractivity contribution in [1.82, 2.24) is 20.3 Å². The van der Waals surface area contributed by atoms with E-state index >= 15 is 0 Å². The number of hydrogen-bond acceptors (Lipinski definition) is 5. The third kappa shape index (κ3) is 2.98. The van der Waals surface area contributed by atoms with Gasteiger partial charge in [-0.3, -0.25) is 9.59 Å². The summed E-state index contributed by atoms with van der Waals surface area (Å²) in [4.78, 5) is 24.7. The topological polar surface area (TPSA) is 90.0 Å². The standard InChI is InChI=1S/C19H14N4O3/c24-18(20-12-15-4-3-11-26-15)13-7-9-14(10-8-13)23-19(25)16-5-1-2-6-17(16)21-22-23/h1-11H,12H2,(H,20,24). The summed E-state index contributed by atoms with van der Waals surface area (Å²) >= 11 is 0. The van der Waals surface area contributed by atoms with Crippen molar-refractivity contribution in [3.8, 4) is 5.69 Å². The Hall–Kier alpha value is -3.74. The van der Waals surface area contributed by atoms with Crippen molar-refractivity contribution in [1.29, 1.82) is 0 Å². The zero-order valence-electron chi connectivity index (χ0n) is 13.6. The van der Waals surface area contributed by atoms with Gasteiger partial charge in [0.1, 0.15) is 11.3 Å². The smallest absolute Gasteiger partial charge is 0.282 e. The minimum absolute atomic E-state index is 0.232. The molecule has 7 heteroatoms. The van der Waals surface area contributed by atoms with E-state index in [1.54, 1.807) is 66.9 Å². The second-order valence-electron chi connectivity index (χ2n) is 5.63. The number of benzene rings is 2. The molecule has 0 unspecified atom stereocenters. The average molecular weight is 346 g/mol.